The fourth-order valence-corrected chi connectivity index (χ4v) is 2.71. The molecule has 0 bridgehead atoms. The highest BCUT2D eigenvalue weighted by Gasteiger charge is 2.29. The number of nitrogens with one attached hydrogen (secondary N) is 1. The van der Waals surface area contributed by atoms with E-state index in [2.05, 4.69) is 58.1 Å². The Balaban J connectivity index is 2.31. The number of anilines is 1. The molecular weight excluding hydrogens is 210 g/mol. The quantitative estimate of drug-likeness (QED) is 0.827. The molecule has 1 heterocycles. The molecule has 1 aliphatic rings. The Morgan fingerprint density at radius 2 is 2.06 bits per heavy atom. The Morgan fingerprint density at radius 1 is 1.35 bits per heavy atom. The van der Waals surface area contributed by atoms with E-state index in [1.165, 1.54) is 17.7 Å². The molecule has 17 heavy (non-hydrogen) atoms. The number of hydrogen-bond acceptors (Lipinski definition) is 2. The summed E-state index contributed by atoms with van der Waals surface area (Å²) in [5.41, 5.74) is 2.80. The van der Waals surface area contributed by atoms with Crippen LogP contribution in [0.1, 0.15) is 52.5 Å². The van der Waals surface area contributed by atoms with Gasteiger partial charge in [-0.15, -0.1) is 0 Å². The van der Waals surface area contributed by atoms with Gasteiger partial charge in [-0.25, -0.2) is 0 Å². The minimum absolute atomic E-state index is 0.170. The minimum Gasteiger partial charge on any atom is -0.491 e. The molecule has 1 aromatic rings. The Morgan fingerprint density at radius 3 is 2.71 bits per heavy atom. The van der Waals surface area contributed by atoms with Crippen LogP contribution in [0.2, 0.25) is 0 Å². The lowest BCUT2D eigenvalue weighted by Crippen LogP contribution is -2.36. The fourth-order valence-electron chi connectivity index (χ4n) is 2.71. The van der Waals surface area contributed by atoms with Crippen LogP contribution >= 0.6 is 0 Å². The van der Waals surface area contributed by atoms with Gasteiger partial charge < -0.3 is 10.1 Å². The number of ether oxygens (including phenoxy) is 1. The summed E-state index contributed by atoms with van der Waals surface area (Å²) in [7, 11) is 0. The zero-order chi connectivity index (χ0) is 12.6. The van der Waals surface area contributed by atoms with Gasteiger partial charge in [-0.3, -0.25) is 0 Å². The van der Waals surface area contributed by atoms with Crippen LogP contribution in [-0.4, -0.2) is 11.6 Å². The number of rotatable bonds is 2. The van der Waals surface area contributed by atoms with Crippen molar-refractivity contribution in [1.82, 2.24) is 0 Å². The van der Waals surface area contributed by atoms with Crippen LogP contribution in [0.15, 0.2) is 18.2 Å². The maximum absolute atomic E-state index is 5.74. The maximum atomic E-state index is 5.74. The molecule has 1 atom stereocenters. The lowest BCUT2D eigenvalue weighted by Gasteiger charge is -2.37. The van der Waals surface area contributed by atoms with Gasteiger partial charge in [0.2, 0.25) is 0 Å². The molecule has 0 saturated carbocycles. The number of benzene rings is 1. The number of hydrogen-bond donors (Lipinski definition) is 1. The first-order valence-corrected chi connectivity index (χ1v) is 6.46. The van der Waals surface area contributed by atoms with Gasteiger partial charge in [-0.2, -0.15) is 0 Å². The van der Waals surface area contributed by atoms with Crippen LogP contribution in [0, 0.1) is 0 Å². The molecular formula is C15H23NO. The molecule has 2 nitrogen and oxygen atoms in total. The summed E-state index contributed by atoms with van der Waals surface area (Å²) in [6.45, 7) is 10.9. The largest absolute Gasteiger partial charge is 0.491 e. The summed E-state index contributed by atoms with van der Waals surface area (Å²) < 4.78 is 5.74. The van der Waals surface area contributed by atoms with E-state index in [0.29, 0.717) is 5.92 Å². The van der Waals surface area contributed by atoms with Gasteiger partial charge in [-0.05, 0) is 51.7 Å². The highest BCUT2D eigenvalue weighted by Crippen LogP contribution is 2.40. The molecule has 0 aromatic heterocycles. The Bertz CT molecular complexity index is 409. The summed E-state index contributed by atoms with van der Waals surface area (Å²) in [6.07, 6.45) is 1.40. The van der Waals surface area contributed by atoms with Gasteiger partial charge >= 0.3 is 0 Å². The third-order valence-corrected chi connectivity index (χ3v) is 3.22. The molecule has 1 N–H and O–H groups in total. The first-order valence-electron chi connectivity index (χ1n) is 6.46. The molecule has 0 radical (unpaired) electrons. The van der Waals surface area contributed by atoms with Crippen LogP contribution in [0.4, 0.5) is 5.69 Å². The smallest absolute Gasteiger partial charge is 0.121 e. The normalized spacial score (nSPS) is 21.9. The monoisotopic (exact) mass is 233 g/mol. The van der Waals surface area contributed by atoms with E-state index in [4.69, 9.17) is 4.74 Å². The van der Waals surface area contributed by atoms with Gasteiger partial charge in [0.05, 0.1) is 6.10 Å². The maximum Gasteiger partial charge on any atom is 0.121 e. The summed E-state index contributed by atoms with van der Waals surface area (Å²) in [6, 6.07) is 6.40. The average Bonchev–Trinajstić information content (AvgIpc) is 2.13. The van der Waals surface area contributed by atoms with Crippen molar-refractivity contribution >= 4 is 5.69 Å². The molecule has 1 aromatic carbocycles. The summed E-state index contributed by atoms with van der Waals surface area (Å²) in [5, 5.41) is 3.60. The molecule has 2 heteroatoms. The summed E-state index contributed by atoms with van der Waals surface area (Å²) in [4.78, 5) is 0. The minimum atomic E-state index is 0.170. The van der Waals surface area contributed by atoms with Crippen LogP contribution in [-0.2, 0) is 0 Å². The summed E-state index contributed by atoms with van der Waals surface area (Å²) >= 11 is 0. The van der Waals surface area contributed by atoms with E-state index >= 15 is 0 Å². The van der Waals surface area contributed by atoms with Crippen molar-refractivity contribution in [3.63, 3.8) is 0 Å². The molecule has 0 fully saturated rings. The van der Waals surface area contributed by atoms with Crippen LogP contribution < -0.4 is 10.1 Å². The molecule has 2 rings (SSSR count). The van der Waals surface area contributed by atoms with Crippen molar-refractivity contribution in [3.05, 3.63) is 23.8 Å². The predicted molar refractivity (Wildman–Crippen MR) is 72.9 cm³/mol. The van der Waals surface area contributed by atoms with Crippen molar-refractivity contribution in [2.75, 3.05) is 5.32 Å². The molecule has 0 amide bonds. The van der Waals surface area contributed by atoms with E-state index in [-0.39, 0.29) is 11.6 Å². The van der Waals surface area contributed by atoms with E-state index in [9.17, 15) is 0 Å². The van der Waals surface area contributed by atoms with Crippen molar-refractivity contribution < 1.29 is 4.74 Å². The Hall–Kier alpha value is -1.18. The topological polar surface area (TPSA) is 21.3 Å². The highest BCUT2D eigenvalue weighted by atomic mass is 16.5. The first-order chi connectivity index (χ1) is 7.87. The lowest BCUT2D eigenvalue weighted by atomic mass is 9.82. The molecule has 0 saturated heterocycles. The molecule has 0 aliphatic carbocycles. The summed E-state index contributed by atoms with van der Waals surface area (Å²) in [5.74, 6) is 1.56. The Kier molecular flexibility index (Phi) is 3.07. The van der Waals surface area contributed by atoms with Crippen molar-refractivity contribution in [2.45, 2.75) is 58.6 Å². The molecule has 1 unspecified atom stereocenters. The zero-order valence-corrected chi connectivity index (χ0v) is 11.5. The number of fused-ring (bicyclic) bond motifs is 1. The zero-order valence-electron chi connectivity index (χ0n) is 11.5. The van der Waals surface area contributed by atoms with Crippen LogP contribution in [0.3, 0.4) is 0 Å². The van der Waals surface area contributed by atoms with Gasteiger partial charge in [0, 0.05) is 17.3 Å². The molecule has 94 valence electrons. The van der Waals surface area contributed by atoms with Crippen LogP contribution in [0.5, 0.6) is 5.75 Å². The van der Waals surface area contributed by atoms with Gasteiger partial charge in [0.15, 0.2) is 0 Å². The fraction of sp³-hybridized carbons (Fsp3) is 0.600. The second-order valence-corrected chi connectivity index (χ2v) is 6.03. The highest BCUT2D eigenvalue weighted by molar-refractivity contribution is 5.60. The third-order valence-electron chi connectivity index (χ3n) is 3.22. The van der Waals surface area contributed by atoms with Crippen molar-refractivity contribution in [1.29, 1.82) is 0 Å². The van der Waals surface area contributed by atoms with Gasteiger partial charge in [0.1, 0.15) is 5.75 Å². The average molecular weight is 233 g/mol. The van der Waals surface area contributed by atoms with E-state index < -0.39 is 0 Å². The van der Waals surface area contributed by atoms with E-state index in [1.54, 1.807) is 0 Å². The third kappa shape index (κ3) is 2.74. The first kappa shape index (κ1) is 12.3. The predicted octanol–water partition coefficient (Wildman–Crippen LogP) is 4.17. The lowest BCUT2D eigenvalue weighted by molar-refractivity contribution is 0.242. The van der Waals surface area contributed by atoms with Gasteiger partial charge in [0.25, 0.3) is 0 Å². The molecule has 1 aliphatic heterocycles. The Labute approximate surface area is 104 Å². The standard InChI is InChI=1S/C15H23NO/c1-10(2)17-12-6-7-13-11(3)9-15(4,5)16-14(13)8-12/h6-8,10-11,16H,9H2,1-5H3. The van der Waals surface area contributed by atoms with Crippen molar-refractivity contribution in [2.24, 2.45) is 0 Å². The van der Waals surface area contributed by atoms with Crippen molar-refractivity contribution in [3.8, 4) is 5.75 Å². The second-order valence-electron chi connectivity index (χ2n) is 6.03. The second kappa shape index (κ2) is 4.25. The molecule has 0 spiro atoms. The van der Waals surface area contributed by atoms with Gasteiger partial charge in [-0.1, -0.05) is 13.0 Å². The van der Waals surface area contributed by atoms with Crippen LogP contribution in [0.25, 0.3) is 0 Å². The van der Waals surface area contributed by atoms with E-state index in [1.807, 2.05) is 0 Å². The van der Waals surface area contributed by atoms with E-state index in [0.717, 1.165) is 5.75 Å². The SMILES string of the molecule is CC(C)Oc1ccc2c(c1)NC(C)(C)CC2C.